The van der Waals surface area contributed by atoms with Gasteiger partial charge in [0.2, 0.25) is 0 Å². The van der Waals surface area contributed by atoms with Crippen LogP contribution in [0.5, 0.6) is 0 Å². The molecular weight excluding hydrogens is 271 g/mol. The SMILES string of the molecule is O=C[O-].O=C[O-].O=C[O-].O=C[O-].O=C[O-].[V]. The second-order valence-corrected chi connectivity index (χ2v) is 0.481. The van der Waals surface area contributed by atoms with Gasteiger partial charge in [-0.15, -0.1) is 0 Å². The van der Waals surface area contributed by atoms with Gasteiger partial charge in [0, 0.05) is 50.9 Å². The van der Waals surface area contributed by atoms with Crippen LogP contribution < -0.4 is 25.5 Å². The van der Waals surface area contributed by atoms with E-state index < -0.39 is 32.4 Å². The van der Waals surface area contributed by atoms with E-state index in [1.54, 1.807) is 0 Å². The second-order valence-electron chi connectivity index (χ2n) is 0.481. The summed E-state index contributed by atoms with van der Waals surface area (Å²) in [4.78, 5) is 41.2. The van der Waals surface area contributed by atoms with E-state index in [1.807, 2.05) is 0 Å². The predicted molar refractivity (Wildman–Crippen MR) is 30.3 cm³/mol. The smallest absolute Gasteiger partial charge is 0.0275 e. The van der Waals surface area contributed by atoms with E-state index >= 15 is 0 Å². The zero-order chi connectivity index (χ0) is 13.5. The summed E-state index contributed by atoms with van der Waals surface area (Å²) in [6.45, 7) is -2.50. The number of carbonyl (C=O) groups is 5. The first-order chi connectivity index (χ1) is 7.07. The van der Waals surface area contributed by atoms with E-state index in [-0.39, 0.29) is 18.6 Å². The fraction of sp³-hybridized carbons (Fsp3) is 0. The van der Waals surface area contributed by atoms with Gasteiger partial charge in [-0.25, -0.2) is 0 Å². The summed E-state index contributed by atoms with van der Waals surface area (Å²) in [5.41, 5.74) is 0. The molecule has 0 aromatic carbocycles. The van der Waals surface area contributed by atoms with Crippen molar-refractivity contribution < 1.29 is 68.1 Å². The van der Waals surface area contributed by atoms with Gasteiger partial charge in [0.1, 0.15) is 0 Å². The minimum absolute atomic E-state index is 0. The van der Waals surface area contributed by atoms with E-state index in [9.17, 15) is 0 Å². The number of rotatable bonds is 0. The summed E-state index contributed by atoms with van der Waals surface area (Å²) in [5, 5.41) is 41.2. The molecule has 10 nitrogen and oxygen atoms in total. The van der Waals surface area contributed by atoms with E-state index in [2.05, 4.69) is 0 Å². The molecule has 95 valence electrons. The van der Waals surface area contributed by atoms with Gasteiger partial charge < -0.3 is 49.5 Å². The maximum Gasteiger partial charge on any atom is 0.0275 e. The minimum atomic E-state index is -0.500. The summed E-state index contributed by atoms with van der Waals surface area (Å²) >= 11 is 0. The van der Waals surface area contributed by atoms with Gasteiger partial charge in [0.15, 0.2) is 0 Å². The molecule has 0 aliphatic heterocycles. The van der Waals surface area contributed by atoms with Crippen LogP contribution in [0.1, 0.15) is 0 Å². The third-order valence-corrected chi connectivity index (χ3v) is 0. The molecular formula is C5H5O10V-5. The fourth-order valence-electron chi connectivity index (χ4n) is 0. The number of hydrogen-bond acceptors (Lipinski definition) is 10. The molecule has 0 fully saturated rings. The van der Waals surface area contributed by atoms with Crippen LogP contribution in [0.3, 0.4) is 0 Å². The maximum atomic E-state index is 8.25. The Labute approximate surface area is 101 Å². The summed E-state index contributed by atoms with van der Waals surface area (Å²) in [5.74, 6) is 0. The van der Waals surface area contributed by atoms with Gasteiger partial charge in [-0.3, -0.25) is 0 Å². The van der Waals surface area contributed by atoms with Crippen molar-refractivity contribution in [1.82, 2.24) is 0 Å². The molecule has 11 heteroatoms. The van der Waals surface area contributed by atoms with Crippen molar-refractivity contribution in [2.75, 3.05) is 0 Å². The molecule has 0 saturated heterocycles. The minimum Gasteiger partial charge on any atom is -0.554 e. The van der Waals surface area contributed by atoms with Crippen molar-refractivity contribution in [1.29, 1.82) is 0 Å². The van der Waals surface area contributed by atoms with Gasteiger partial charge in [-0.2, -0.15) is 0 Å². The molecule has 0 amide bonds. The van der Waals surface area contributed by atoms with Crippen LogP contribution in [0.15, 0.2) is 0 Å². The van der Waals surface area contributed by atoms with Crippen LogP contribution in [0.25, 0.3) is 0 Å². The molecule has 0 aromatic heterocycles. The maximum absolute atomic E-state index is 8.25. The molecule has 1 radical (unpaired) electrons. The molecule has 0 aromatic rings. The molecule has 16 heavy (non-hydrogen) atoms. The molecule has 0 saturated carbocycles. The Morgan fingerprint density at radius 1 is 0.438 bits per heavy atom. The van der Waals surface area contributed by atoms with Gasteiger partial charge in [0.25, 0.3) is 0 Å². The first-order valence-electron chi connectivity index (χ1n) is 2.36. The molecule has 0 spiro atoms. The Morgan fingerprint density at radius 3 is 0.438 bits per heavy atom. The fourth-order valence-corrected chi connectivity index (χ4v) is 0. The van der Waals surface area contributed by atoms with Crippen molar-refractivity contribution >= 4 is 32.4 Å². The molecule has 0 rings (SSSR count). The van der Waals surface area contributed by atoms with E-state index in [4.69, 9.17) is 49.5 Å². The number of carboxylic acid groups (broad SMARTS) is 5. The van der Waals surface area contributed by atoms with Crippen molar-refractivity contribution in [3.05, 3.63) is 0 Å². The standard InChI is InChI=1S/5CH2O2.V/c5*2-1-3;/h5*1H,(H,2,3);/p-5. The zero-order valence-corrected chi connectivity index (χ0v) is 8.81. The van der Waals surface area contributed by atoms with Crippen molar-refractivity contribution in [2.45, 2.75) is 0 Å². The van der Waals surface area contributed by atoms with Gasteiger partial charge in [-0.05, 0) is 0 Å². The van der Waals surface area contributed by atoms with Crippen molar-refractivity contribution in [3.8, 4) is 0 Å². The molecule has 0 heterocycles. The average molecular weight is 276 g/mol. The normalized spacial score (nSPS) is 3.75. The van der Waals surface area contributed by atoms with Crippen LogP contribution >= 0.6 is 0 Å². The van der Waals surface area contributed by atoms with Gasteiger partial charge in [-0.1, -0.05) is 0 Å². The Morgan fingerprint density at radius 2 is 0.438 bits per heavy atom. The predicted octanol–water partition coefficient (Wildman–Crippen LogP) is -8.17. The Bertz CT molecular complexity index is 91.5. The molecule has 0 aliphatic rings. The van der Waals surface area contributed by atoms with Crippen molar-refractivity contribution in [2.24, 2.45) is 0 Å². The van der Waals surface area contributed by atoms with E-state index in [1.165, 1.54) is 0 Å². The summed E-state index contributed by atoms with van der Waals surface area (Å²) in [6.07, 6.45) is 0. The Hall–Kier alpha value is -2.07. The monoisotopic (exact) mass is 276 g/mol. The molecule has 0 atom stereocenters. The van der Waals surface area contributed by atoms with Crippen LogP contribution in [0.4, 0.5) is 0 Å². The summed E-state index contributed by atoms with van der Waals surface area (Å²) in [6, 6.07) is 0. The largest absolute Gasteiger partial charge is 0.554 e. The van der Waals surface area contributed by atoms with E-state index in [0.29, 0.717) is 0 Å². The summed E-state index contributed by atoms with van der Waals surface area (Å²) in [7, 11) is 0. The van der Waals surface area contributed by atoms with Gasteiger partial charge >= 0.3 is 0 Å². The number of hydrogen-bond donors (Lipinski definition) is 0. The van der Waals surface area contributed by atoms with Crippen LogP contribution in [-0.2, 0) is 42.5 Å². The third kappa shape index (κ3) is 334. The molecule has 0 bridgehead atoms. The average Bonchev–Trinajstić information content (AvgIpc) is 2.09. The van der Waals surface area contributed by atoms with Crippen LogP contribution in [-0.4, -0.2) is 32.4 Å². The quantitative estimate of drug-likeness (QED) is 0.382. The number of carbonyl (C=O) groups excluding carboxylic acids is 5. The Balaban J connectivity index is -0.0000000192. The van der Waals surface area contributed by atoms with Crippen LogP contribution in [0.2, 0.25) is 0 Å². The molecule has 0 unspecified atom stereocenters. The molecule has 0 N–H and O–H groups in total. The Kier molecular flexibility index (Phi) is 495. The molecule has 0 aliphatic carbocycles. The third-order valence-electron chi connectivity index (χ3n) is 0. The first kappa shape index (κ1) is 37.0. The van der Waals surface area contributed by atoms with Crippen LogP contribution in [0, 0.1) is 0 Å². The topological polar surface area (TPSA) is 201 Å². The van der Waals surface area contributed by atoms with Crippen molar-refractivity contribution in [3.63, 3.8) is 0 Å². The second kappa shape index (κ2) is 214. The van der Waals surface area contributed by atoms with E-state index in [0.717, 1.165) is 0 Å². The zero-order valence-electron chi connectivity index (χ0n) is 7.42. The first-order valence-corrected chi connectivity index (χ1v) is 2.36. The summed E-state index contributed by atoms with van der Waals surface area (Å²) < 4.78 is 0. The van der Waals surface area contributed by atoms with Gasteiger partial charge in [0.05, 0.1) is 0 Å².